The Bertz CT molecular complexity index is 1910. The van der Waals surface area contributed by atoms with Crippen LogP contribution in [0.25, 0.3) is 0 Å². The Morgan fingerprint density at radius 3 is 1.24 bits per heavy atom. The Balaban J connectivity index is 2.81. The molecule has 0 aromatic heterocycles. The third-order valence-electron chi connectivity index (χ3n) is 11.1. The van der Waals surface area contributed by atoms with Gasteiger partial charge in [0, 0.05) is 19.3 Å². The minimum absolute atomic E-state index is 0.00353. The third kappa shape index (κ3) is 39.4. The van der Waals surface area contributed by atoms with Crippen LogP contribution in [0.2, 0.25) is 0 Å². The van der Waals surface area contributed by atoms with Crippen molar-refractivity contribution in [1.29, 1.82) is 0 Å². The summed E-state index contributed by atoms with van der Waals surface area (Å²) < 4.78 is 28.1. The Hall–Kier alpha value is -5.66. The van der Waals surface area contributed by atoms with Gasteiger partial charge in [0.2, 0.25) is 0 Å². The van der Waals surface area contributed by atoms with Gasteiger partial charge in [-0.15, -0.1) is 0 Å². The summed E-state index contributed by atoms with van der Waals surface area (Å²) in [5, 5.41) is 31.4. The monoisotopic (exact) mass is 1040 g/mol. The molecule has 1 rings (SSSR count). The maximum absolute atomic E-state index is 13.1. The van der Waals surface area contributed by atoms with Crippen LogP contribution in [0.15, 0.2) is 158 Å². The Morgan fingerprint density at radius 1 is 0.440 bits per heavy atom. The molecule has 0 saturated carbocycles. The minimum Gasteiger partial charge on any atom is -0.479 e. The van der Waals surface area contributed by atoms with Crippen LogP contribution in [0.5, 0.6) is 0 Å². The molecule has 3 N–H and O–H groups in total. The molecular weight excluding hydrogens is 949 g/mol. The Labute approximate surface area is 450 Å². The lowest BCUT2D eigenvalue weighted by atomic mass is 9.98. The van der Waals surface area contributed by atoms with Crippen molar-refractivity contribution in [3.63, 3.8) is 0 Å². The summed E-state index contributed by atoms with van der Waals surface area (Å²) in [6.07, 6.45) is 59.7. The minimum atomic E-state index is -1.94. The molecule has 1 aliphatic heterocycles. The molecule has 0 aliphatic carbocycles. The number of aliphatic hydroxyl groups excluding tert-OH is 2. The smallest absolute Gasteiger partial charge is 0.335 e. The number of carboxylic acid groups (broad SMARTS) is 1. The molecule has 1 aliphatic rings. The van der Waals surface area contributed by atoms with Crippen molar-refractivity contribution in [3.8, 4) is 0 Å². The molecule has 6 atom stereocenters. The third-order valence-corrected chi connectivity index (χ3v) is 11.1. The molecule has 0 amide bonds. The van der Waals surface area contributed by atoms with Gasteiger partial charge in [-0.25, -0.2) is 4.79 Å². The number of allylic oxidation sites excluding steroid dienone is 26. The average Bonchev–Trinajstić information content (AvgIpc) is 3.39. The number of esters is 3. The molecule has 0 bridgehead atoms. The first-order valence-corrected chi connectivity index (χ1v) is 27.5. The SMILES string of the molecule is CC/C=C\C/C=C\C/C=C\C/C=C\C/C=C\CCCCCC(=O)OC1C(OCC(COC(=O)CC/C=C\C/C=C\C/C=C\C/C=C\CC)OC(=O)CC/C=C\C/C=C\C/C=C\C/C=C\CC)OC(C(=O)O)C(O)C1O. The van der Waals surface area contributed by atoms with E-state index >= 15 is 0 Å². The molecular formula is C63H92O12. The van der Waals surface area contributed by atoms with E-state index in [0.717, 1.165) is 96.3 Å². The average molecular weight is 1040 g/mol. The molecule has 416 valence electrons. The normalized spacial score (nSPS) is 19.4. The zero-order chi connectivity index (χ0) is 54.7. The lowest BCUT2D eigenvalue weighted by Crippen LogP contribution is -2.61. The summed E-state index contributed by atoms with van der Waals surface area (Å²) >= 11 is 0. The maximum Gasteiger partial charge on any atom is 0.335 e. The van der Waals surface area contributed by atoms with Gasteiger partial charge >= 0.3 is 23.9 Å². The molecule has 0 aromatic carbocycles. The second-order valence-corrected chi connectivity index (χ2v) is 17.7. The number of carbonyl (C=O) groups excluding carboxylic acids is 3. The number of rotatable bonds is 43. The predicted octanol–water partition coefficient (Wildman–Crippen LogP) is 13.8. The van der Waals surface area contributed by atoms with E-state index in [1.54, 1.807) is 0 Å². The first-order valence-electron chi connectivity index (χ1n) is 27.5. The van der Waals surface area contributed by atoms with E-state index in [1.807, 2.05) is 30.4 Å². The highest BCUT2D eigenvalue weighted by molar-refractivity contribution is 5.74. The fourth-order valence-corrected chi connectivity index (χ4v) is 7.01. The summed E-state index contributed by atoms with van der Waals surface area (Å²) in [7, 11) is 0. The molecule has 0 aromatic rings. The standard InChI is InChI=1S/C63H92O12/c1-4-7-10-13-16-19-22-25-26-27-28-29-30-33-36-39-42-45-48-51-57(66)74-61-59(68)58(67)60(62(69)70)75-63(61)72-53-54(73-56(65)50-47-44-41-38-35-32-24-21-18-15-12-9-6-3)52-71-55(64)49-46-43-40-37-34-31-23-20-17-14-11-8-5-2/h7-12,16-21,25-26,28-29,31-36,40-41,43-44,54,58-61,63,67-68H,4-6,13-15,22-24,27,30,37-39,42,45-53H2,1-3H3,(H,69,70)/b10-7-,11-8-,12-9-,19-16-,20-17-,21-18-,26-25-,29-28-,34-31-,35-32-,36-33-,43-40-,44-41-. The number of hydrogen-bond acceptors (Lipinski definition) is 11. The lowest BCUT2D eigenvalue weighted by molar-refractivity contribution is -0.301. The zero-order valence-electron chi connectivity index (χ0n) is 45.5. The van der Waals surface area contributed by atoms with Crippen molar-refractivity contribution >= 4 is 23.9 Å². The maximum atomic E-state index is 13.1. The number of aliphatic carboxylic acids is 1. The quantitative estimate of drug-likeness (QED) is 0.0228. The van der Waals surface area contributed by atoms with Crippen LogP contribution in [0, 0.1) is 0 Å². The molecule has 0 radical (unpaired) electrons. The fraction of sp³-hybridized carbons (Fsp3) is 0.524. The fourth-order valence-electron chi connectivity index (χ4n) is 7.01. The van der Waals surface area contributed by atoms with E-state index < -0.39 is 73.9 Å². The van der Waals surface area contributed by atoms with Gasteiger partial charge in [0.1, 0.15) is 18.8 Å². The molecule has 12 nitrogen and oxygen atoms in total. The second-order valence-electron chi connectivity index (χ2n) is 17.7. The summed E-state index contributed by atoms with van der Waals surface area (Å²) in [4.78, 5) is 50.9. The van der Waals surface area contributed by atoms with Gasteiger partial charge in [0.15, 0.2) is 24.6 Å². The molecule has 1 fully saturated rings. The molecule has 0 spiro atoms. The number of aliphatic hydroxyl groups is 2. The van der Waals surface area contributed by atoms with E-state index in [1.165, 1.54) is 0 Å². The Kier molecular flexibility index (Phi) is 44.2. The number of hydrogen-bond donors (Lipinski definition) is 3. The predicted molar refractivity (Wildman–Crippen MR) is 302 cm³/mol. The molecule has 1 heterocycles. The highest BCUT2D eigenvalue weighted by Gasteiger charge is 2.50. The summed E-state index contributed by atoms with van der Waals surface area (Å²) in [6, 6.07) is 0. The Morgan fingerprint density at radius 2 is 0.827 bits per heavy atom. The molecule has 1 saturated heterocycles. The van der Waals surface area contributed by atoms with Gasteiger partial charge in [0.05, 0.1) is 6.61 Å². The van der Waals surface area contributed by atoms with Gasteiger partial charge < -0.3 is 39.0 Å². The molecule has 6 unspecified atom stereocenters. The van der Waals surface area contributed by atoms with E-state index in [-0.39, 0.29) is 19.3 Å². The van der Waals surface area contributed by atoms with Crippen LogP contribution in [0.3, 0.4) is 0 Å². The van der Waals surface area contributed by atoms with E-state index in [4.69, 9.17) is 23.7 Å². The summed E-state index contributed by atoms with van der Waals surface area (Å²) in [6.45, 7) is 5.46. The van der Waals surface area contributed by atoms with Crippen molar-refractivity contribution in [2.75, 3.05) is 13.2 Å². The van der Waals surface area contributed by atoms with Crippen LogP contribution in [0.4, 0.5) is 0 Å². The van der Waals surface area contributed by atoms with Crippen LogP contribution >= 0.6 is 0 Å². The lowest BCUT2D eigenvalue weighted by Gasteiger charge is -2.40. The van der Waals surface area contributed by atoms with Gasteiger partial charge in [-0.05, 0) is 116 Å². The second kappa shape index (κ2) is 49.2. The van der Waals surface area contributed by atoms with Crippen molar-refractivity contribution in [1.82, 2.24) is 0 Å². The highest BCUT2D eigenvalue weighted by atomic mass is 16.7. The molecule has 75 heavy (non-hydrogen) atoms. The van der Waals surface area contributed by atoms with Gasteiger partial charge in [0.25, 0.3) is 0 Å². The van der Waals surface area contributed by atoms with Gasteiger partial charge in [-0.3, -0.25) is 14.4 Å². The first-order chi connectivity index (χ1) is 36.6. The van der Waals surface area contributed by atoms with Crippen molar-refractivity contribution in [2.45, 2.75) is 199 Å². The van der Waals surface area contributed by atoms with Crippen molar-refractivity contribution in [2.24, 2.45) is 0 Å². The summed E-state index contributed by atoms with van der Waals surface area (Å²) in [5.41, 5.74) is 0. The van der Waals surface area contributed by atoms with Crippen LogP contribution in [0.1, 0.15) is 162 Å². The van der Waals surface area contributed by atoms with Crippen LogP contribution in [-0.4, -0.2) is 89.2 Å². The van der Waals surface area contributed by atoms with Crippen molar-refractivity contribution in [3.05, 3.63) is 158 Å². The van der Waals surface area contributed by atoms with E-state index in [9.17, 15) is 34.5 Å². The number of carboxylic acids is 1. The number of carbonyl (C=O) groups is 4. The molecule has 12 heteroatoms. The van der Waals surface area contributed by atoms with Crippen LogP contribution in [-0.2, 0) is 42.9 Å². The largest absolute Gasteiger partial charge is 0.479 e. The van der Waals surface area contributed by atoms with Crippen molar-refractivity contribution < 1.29 is 58.2 Å². The van der Waals surface area contributed by atoms with E-state index in [0.29, 0.717) is 25.7 Å². The number of ether oxygens (including phenoxy) is 5. The first kappa shape index (κ1) is 67.4. The van der Waals surface area contributed by atoms with Gasteiger partial charge in [-0.1, -0.05) is 185 Å². The van der Waals surface area contributed by atoms with Crippen LogP contribution < -0.4 is 0 Å². The highest BCUT2D eigenvalue weighted by Crippen LogP contribution is 2.26. The summed E-state index contributed by atoms with van der Waals surface area (Å²) in [5.74, 6) is -3.42. The topological polar surface area (TPSA) is 175 Å². The van der Waals surface area contributed by atoms with E-state index in [2.05, 4.69) is 148 Å². The zero-order valence-corrected chi connectivity index (χ0v) is 45.5. The number of unbranched alkanes of at least 4 members (excludes halogenated alkanes) is 3. The van der Waals surface area contributed by atoms with Gasteiger partial charge in [-0.2, -0.15) is 0 Å².